The summed E-state index contributed by atoms with van der Waals surface area (Å²) >= 11 is 3.76. The first-order valence-corrected chi connectivity index (χ1v) is 7.06. The van der Waals surface area contributed by atoms with Crippen molar-refractivity contribution in [1.29, 1.82) is 0 Å². The minimum absolute atomic E-state index is 0.255. The van der Waals surface area contributed by atoms with Gasteiger partial charge in [-0.2, -0.15) is 11.8 Å². The quantitative estimate of drug-likeness (QED) is 0.760. The Labute approximate surface area is 87.6 Å². The lowest BCUT2D eigenvalue weighted by Crippen LogP contribution is -2.39. The number of thioether (sulfide) groups is 2. The lowest BCUT2D eigenvalue weighted by molar-refractivity contribution is -0.121. The molecule has 2 aliphatic rings. The van der Waals surface area contributed by atoms with E-state index in [4.69, 9.17) is 0 Å². The second-order valence-corrected chi connectivity index (χ2v) is 6.03. The van der Waals surface area contributed by atoms with Gasteiger partial charge in [-0.1, -0.05) is 0 Å². The smallest absolute Gasteiger partial charge is 0.233 e. The van der Waals surface area contributed by atoms with Crippen molar-refractivity contribution in [2.24, 2.45) is 0 Å². The lowest BCUT2D eigenvalue weighted by Gasteiger charge is -2.14. The monoisotopic (exact) mass is 217 g/mol. The van der Waals surface area contributed by atoms with Gasteiger partial charge in [0.2, 0.25) is 5.91 Å². The largest absolute Gasteiger partial charge is 0.352 e. The van der Waals surface area contributed by atoms with Crippen LogP contribution in [0.15, 0.2) is 0 Å². The molecule has 0 aromatic carbocycles. The van der Waals surface area contributed by atoms with Crippen molar-refractivity contribution in [1.82, 2.24) is 5.32 Å². The van der Waals surface area contributed by atoms with Crippen LogP contribution in [0.25, 0.3) is 0 Å². The third-order valence-corrected chi connectivity index (χ3v) is 5.04. The van der Waals surface area contributed by atoms with E-state index >= 15 is 0 Å². The lowest BCUT2D eigenvalue weighted by atomic mass is 10.2. The maximum Gasteiger partial charge on any atom is 0.233 e. The van der Waals surface area contributed by atoms with Gasteiger partial charge in [0.25, 0.3) is 0 Å². The molecule has 2 nitrogen and oxygen atoms in total. The minimum atomic E-state index is 0.255. The third kappa shape index (κ3) is 2.56. The molecule has 2 unspecified atom stereocenters. The number of hydrogen-bond donors (Lipinski definition) is 1. The van der Waals surface area contributed by atoms with Crippen LogP contribution in [0.5, 0.6) is 0 Å². The molecule has 0 spiro atoms. The minimum Gasteiger partial charge on any atom is -0.352 e. The Balaban J connectivity index is 1.76. The second-order valence-electron chi connectivity index (χ2n) is 3.57. The maximum atomic E-state index is 11.7. The molecular formula is C9H15NOS2. The van der Waals surface area contributed by atoms with Crippen LogP contribution in [-0.2, 0) is 4.79 Å². The van der Waals surface area contributed by atoms with Gasteiger partial charge in [-0.05, 0) is 30.8 Å². The molecule has 0 aromatic heterocycles. The molecule has 4 heteroatoms. The van der Waals surface area contributed by atoms with Crippen molar-refractivity contribution in [3.05, 3.63) is 0 Å². The zero-order chi connectivity index (χ0) is 9.10. The SMILES string of the molecule is O=C(NC1CCSC1)C1CCCS1. The Hall–Kier alpha value is 0.170. The molecule has 2 saturated heterocycles. The molecule has 2 aliphatic heterocycles. The van der Waals surface area contributed by atoms with E-state index in [1.165, 1.54) is 12.2 Å². The highest BCUT2D eigenvalue weighted by Crippen LogP contribution is 2.26. The Morgan fingerprint density at radius 3 is 2.85 bits per heavy atom. The van der Waals surface area contributed by atoms with Gasteiger partial charge in [0.1, 0.15) is 0 Å². The highest BCUT2D eigenvalue weighted by molar-refractivity contribution is 8.00. The molecule has 2 fully saturated rings. The third-order valence-electron chi connectivity index (χ3n) is 2.50. The van der Waals surface area contributed by atoms with Crippen molar-refractivity contribution in [2.75, 3.05) is 17.3 Å². The molecule has 0 radical (unpaired) electrons. The van der Waals surface area contributed by atoms with E-state index in [1.807, 2.05) is 23.5 Å². The normalized spacial score (nSPS) is 33.5. The molecule has 1 N–H and O–H groups in total. The van der Waals surface area contributed by atoms with Crippen molar-refractivity contribution >= 4 is 29.4 Å². The Morgan fingerprint density at radius 1 is 1.31 bits per heavy atom. The van der Waals surface area contributed by atoms with Gasteiger partial charge in [0.15, 0.2) is 0 Å². The molecule has 0 saturated carbocycles. The first-order valence-electron chi connectivity index (χ1n) is 4.86. The predicted molar refractivity (Wildman–Crippen MR) is 59.4 cm³/mol. The average Bonchev–Trinajstić information content (AvgIpc) is 2.74. The van der Waals surface area contributed by atoms with Crippen molar-refractivity contribution in [2.45, 2.75) is 30.6 Å². The topological polar surface area (TPSA) is 29.1 Å². The number of hydrogen-bond acceptors (Lipinski definition) is 3. The molecule has 2 rings (SSSR count). The van der Waals surface area contributed by atoms with Crippen molar-refractivity contribution < 1.29 is 4.79 Å². The summed E-state index contributed by atoms with van der Waals surface area (Å²) in [5.41, 5.74) is 0. The van der Waals surface area contributed by atoms with Crippen LogP contribution in [0.1, 0.15) is 19.3 Å². The Bertz CT molecular complexity index is 186. The summed E-state index contributed by atoms with van der Waals surface area (Å²) in [6.07, 6.45) is 3.45. The number of rotatable bonds is 2. The zero-order valence-corrected chi connectivity index (χ0v) is 9.26. The van der Waals surface area contributed by atoms with Crippen LogP contribution in [-0.4, -0.2) is 34.5 Å². The average molecular weight is 217 g/mol. The van der Waals surface area contributed by atoms with Crippen LogP contribution < -0.4 is 5.32 Å². The van der Waals surface area contributed by atoms with Crippen LogP contribution in [0, 0.1) is 0 Å². The van der Waals surface area contributed by atoms with E-state index in [1.54, 1.807) is 0 Å². The molecular weight excluding hydrogens is 202 g/mol. The van der Waals surface area contributed by atoms with Crippen LogP contribution in [0.3, 0.4) is 0 Å². The van der Waals surface area contributed by atoms with Crippen molar-refractivity contribution in [3.8, 4) is 0 Å². The molecule has 74 valence electrons. The molecule has 13 heavy (non-hydrogen) atoms. The highest BCUT2D eigenvalue weighted by atomic mass is 32.2. The van der Waals surface area contributed by atoms with Crippen LogP contribution in [0.2, 0.25) is 0 Å². The number of nitrogens with one attached hydrogen (secondary N) is 1. The van der Waals surface area contributed by atoms with E-state index < -0.39 is 0 Å². The number of carbonyl (C=O) groups excluding carboxylic acids is 1. The fourth-order valence-corrected chi connectivity index (χ4v) is 4.05. The van der Waals surface area contributed by atoms with Crippen LogP contribution in [0.4, 0.5) is 0 Å². The number of amides is 1. The van der Waals surface area contributed by atoms with Crippen molar-refractivity contribution in [3.63, 3.8) is 0 Å². The van der Waals surface area contributed by atoms with Gasteiger partial charge < -0.3 is 5.32 Å². The van der Waals surface area contributed by atoms with E-state index in [0.717, 1.165) is 24.3 Å². The van der Waals surface area contributed by atoms with Gasteiger partial charge in [0, 0.05) is 11.8 Å². The summed E-state index contributed by atoms with van der Waals surface area (Å²) < 4.78 is 0. The molecule has 0 aliphatic carbocycles. The standard InChI is InChI=1S/C9H15NOS2/c11-9(8-2-1-4-13-8)10-7-3-5-12-6-7/h7-8H,1-6H2,(H,10,11). The van der Waals surface area contributed by atoms with E-state index in [2.05, 4.69) is 5.32 Å². The fourth-order valence-electron chi connectivity index (χ4n) is 1.73. The summed E-state index contributed by atoms with van der Waals surface area (Å²) in [5.74, 6) is 3.78. The van der Waals surface area contributed by atoms with E-state index in [0.29, 0.717) is 6.04 Å². The van der Waals surface area contributed by atoms with Gasteiger partial charge >= 0.3 is 0 Å². The first-order chi connectivity index (χ1) is 6.36. The summed E-state index contributed by atoms with van der Waals surface area (Å²) in [5, 5.41) is 3.40. The zero-order valence-electron chi connectivity index (χ0n) is 7.62. The van der Waals surface area contributed by atoms with Crippen LogP contribution >= 0.6 is 23.5 Å². The molecule has 0 aromatic rings. The van der Waals surface area contributed by atoms with Gasteiger partial charge in [0.05, 0.1) is 5.25 Å². The first kappa shape index (κ1) is 9.71. The highest BCUT2D eigenvalue weighted by Gasteiger charge is 2.26. The summed E-state index contributed by atoms with van der Waals surface area (Å²) in [4.78, 5) is 11.7. The van der Waals surface area contributed by atoms with E-state index in [-0.39, 0.29) is 11.2 Å². The van der Waals surface area contributed by atoms with Gasteiger partial charge in [-0.15, -0.1) is 11.8 Å². The Kier molecular flexibility index (Phi) is 3.44. The fraction of sp³-hybridized carbons (Fsp3) is 0.889. The predicted octanol–water partition coefficient (Wildman–Crippen LogP) is 1.50. The molecule has 0 bridgehead atoms. The maximum absolute atomic E-state index is 11.7. The Morgan fingerprint density at radius 2 is 2.23 bits per heavy atom. The van der Waals surface area contributed by atoms with E-state index in [9.17, 15) is 4.79 Å². The second kappa shape index (κ2) is 4.60. The molecule has 2 atom stereocenters. The van der Waals surface area contributed by atoms with Gasteiger partial charge in [-0.25, -0.2) is 0 Å². The van der Waals surface area contributed by atoms with Gasteiger partial charge in [-0.3, -0.25) is 4.79 Å². The molecule has 2 heterocycles. The number of carbonyl (C=O) groups is 1. The summed E-state index contributed by atoms with van der Waals surface area (Å²) in [6.45, 7) is 0. The molecule has 1 amide bonds. The summed E-state index contributed by atoms with van der Waals surface area (Å²) in [7, 11) is 0. The summed E-state index contributed by atoms with van der Waals surface area (Å²) in [6, 6.07) is 0.457.